The van der Waals surface area contributed by atoms with Crippen LogP contribution in [0.4, 0.5) is 0 Å². The first-order valence-electron chi connectivity index (χ1n) is 18.3. The lowest BCUT2D eigenvalue weighted by Gasteiger charge is -2.22. The molecule has 1 heterocycles. The Bertz CT molecular complexity index is 2840. The topological polar surface area (TPSA) is 0 Å². The molecule has 52 heavy (non-hydrogen) atoms. The highest BCUT2D eigenvalue weighted by molar-refractivity contribution is 7.26. The summed E-state index contributed by atoms with van der Waals surface area (Å²) in [7, 11) is 15.8. The second kappa shape index (κ2) is 12.6. The monoisotopic (exact) mass is 672 g/mol. The molecule has 0 N–H and O–H groups in total. The number of hydrogen-bond acceptors (Lipinski definition) is 1. The summed E-state index contributed by atoms with van der Waals surface area (Å²) in [5.41, 5.74) is 19.6. The third kappa shape index (κ3) is 5.22. The maximum atomic E-state index is 2.47. The Morgan fingerprint density at radius 3 is 1.37 bits per heavy atom. The Kier molecular flexibility index (Phi) is 7.94. The lowest BCUT2D eigenvalue weighted by atomic mass is 9.71. The van der Waals surface area contributed by atoms with Crippen molar-refractivity contribution >= 4 is 146 Å². The lowest BCUT2D eigenvalue weighted by Crippen LogP contribution is -2.27. The predicted octanol–water partition coefficient (Wildman–Crippen LogP) is 0.838. The van der Waals surface area contributed by atoms with Crippen molar-refractivity contribution in [1.29, 1.82) is 0 Å². The summed E-state index contributed by atoms with van der Waals surface area (Å²) in [6, 6.07) is 48.2. The van der Waals surface area contributed by atoms with Crippen molar-refractivity contribution in [2.24, 2.45) is 0 Å². The van der Waals surface area contributed by atoms with E-state index in [4.69, 9.17) is 0 Å². The molecule has 0 aliphatic heterocycles. The van der Waals surface area contributed by atoms with Crippen molar-refractivity contribution < 1.29 is 0 Å². The van der Waals surface area contributed by atoms with Gasteiger partial charge in [-0.1, -0.05) is 166 Å². The van der Waals surface area contributed by atoms with Gasteiger partial charge >= 0.3 is 0 Å². The van der Waals surface area contributed by atoms with Gasteiger partial charge in [-0.05, 0) is 66.1 Å². The van der Waals surface area contributed by atoms with Crippen molar-refractivity contribution in [3.05, 3.63) is 127 Å². The normalized spacial score (nSPS) is 11.6. The van der Waals surface area contributed by atoms with Gasteiger partial charge in [-0.3, -0.25) is 0 Å². The smallest absolute Gasteiger partial charge is 0.134 e. The summed E-state index contributed by atoms with van der Waals surface area (Å²) < 4.78 is 2.71. The zero-order valence-electron chi connectivity index (χ0n) is 31.0. The Hall–Kier alpha value is -5.05. The van der Waals surface area contributed by atoms with E-state index in [1.54, 1.807) is 0 Å². The van der Waals surface area contributed by atoms with Crippen LogP contribution in [0.5, 0.6) is 0 Å². The first-order valence-corrected chi connectivity index (χ1v) is 19.2. The van der Waals surface area contributed by atoms with Crippen LogP contribution >= 0.6 is 11.3 Å². The summed E-state index contributed by atoms with van der Waals surface area (Å²) >= 11 is 1.93. The van der Waals surface area contributed by atoms with Crippen LogP contribution in [0.15, 0.2) is 127 Å². The Morgan fingerprint density at radius 1 is 0.308 bits per heavy atom. The van der Waals surface area contributed by atoms with Gasteiger partial charge in [-0.15, -0.1) is 11.3 Å². The molecule has 238 valence electrons. The van der Waals surface area contributed by atoms with Gasteiger partial charge in [0, 0.05) is 20.2 Å². The zero-order valence-corrected chi connectivity index (χ0v) is 31.8. The van der Waals surface area contributed by atoms with Crippen LogP contribution < -0.4 is 38.2 Å². The minimum Gasteiger partial charge on any atom is -0.134 e. The van der Waals surface area contributed by atoms with Gasteiger partial charge in [-0.2, -0.15) is 0 Å². The molecule has 0 unspecified atom stereocenters. The maximum Gasteiger partial charge on any atom is 0.140 e. The number of thiophene rings is 1. The van der Waals surface area contributed by atoms with Gasteiger partial charge in [0.25, 0.3) is 0 Å². The van der Waals surface area contributed by atoms with E-state index >= 15 is 0 Å². The van der Waals surface area contributed by atoms with Crippen LogP contribution in [0, 0.1) is 0 Å². The fourth-order valence-electron chi connectivity index (χ4n) is 8.32. The molecule has 0 aliphatic rings. The summed E-state index contributed by atoms with van der Waals surface area (Å²) in [5, 5.41) is 7.95. The molecule has 0 saturated heterocycles. The summed E-state index contributed by atoms with van der Waals surface area (Å²) in [6.45, 7) is 0. The molecule has 0 spiro atoms. The SMILES string of the molecule is Bc1ccc(-c2cccc3c2sc2c(-c4cc(B)c(-c5c6cc(B)c(B)cc6c(-c6ccccc6)c6cc(B)c(B)cc56)cc4B)cccc23)cc1. The van der Waals surface area contributed by atoms with Crippen molar-refractivity contribution in [2.75, 3.05) is 0 Å². The molecule has 0 nitrogen and oxygen atoms in total. The molecule has 1 aromatic heterocycles. The molecule has 0 aliphatic carbocycles. The van der Waals surface area contributed by atoms with Gasteiger partial charge in [0.1, 0.15) is 54.9 Å². The molecular formula is C44H35B7S. The van der Waals surface area contributed by atoms with Crippen LogP contribution in [0.25, 0.3) is 86.2 Å². The number of rotatable bonds is 4. The second-order valence-electron chi connectivity index (χ2n) is 14.9. The van der Waals surface area contributed by atoms with Crippen molar-refractivity contribution in [3.63, 3.8) is 0 Å². The minimum atomic E-state index is 1.26. The van der Waals surface area contributed by atoms with E-state index in [1.807, 2.05) is 11.3 Å². The maximum absolute atomic E-state index is 2.47. The van der Waals surface area contributed by atoms with E-state index in [-0.39, 0.29) is 0 Å². The Morgan fingerprint density at radius 2 is 0.788 bits per heavy atom. The van der Waals surface area contributed by atoms with E-state index in [0.29, 0.717) is 0 Å². The number of benzene rings is 8. The van der Waals surface area contributed by atoms with E-state index in [0.717, 1.165) is 0 Å². The van der Waals surface area contributed by atoms with Crippen molar-refractivity contribution in [3.8, 4) is 44.5 Å². The number of fused-ring (bicyclic) bond motifs is 5. The van der Waals surface area contributed by atoms with Crippen molar-refractivity contribution in [1.82, 2.24) is 0 Å². The van der Waals surface area contributed by atoms with E-state index in [9.17, 15) is 0 Å². The highest BCUT2D eigenvalue weighted by Crippen LogP contribution is 2.45. The fourth-order valence-corrected chi connectivity index (χ4v) is 9.69. The van der Waals surface area contributed by atoms with E-state index in [2.05, 4.69) is 182 Å². The molecule has 0 atom stereocenters. The zero-order chi connectivity index (χ0) is 35.8. The van der Waals surface area contributed by atoms with Gasteiger partial charge in [-0.25, -0.2) is 0 Å². The van der Waals surface area contributed by atoms with Crippen LogP contribution in [0.2, 0.25) is 0 Å². The minimum absolute atomic E-state index is 1.26. The average Bonchev–Trinajstić information content (AvgIpc) is 3.53. The highest BCUT2D eigenvalue weighted by Gasteiger charge is 2.21. The van der Waals surface area contributed by atoms with Crippen LogP contribution in [-0.2, 0) is 0 Å². The summed E-state index contributed by atoms with van der Waals surface area (Å²) in [5.74, 6) is 0. The highest BCUT2D eigenvalue weighted by atomic mass is 32.1. The van der Waals surface area contributed by atoms with Gasteiger partial charge in [0.15, 0.2) is 0 Å². The molecular weight excluding hydrogens is 636 g/mol. The van der Waals surface area contributed by atoms with Crippen LogP contribution in [-0.4, -0.2) is 54.9 Å². The third-order valence-corrected chi connectivity index (χ3v) is 12.7. The van der Waals surface area contributed by atoms with E-state index in [1.165, 1.54) is 124 Å². The first kappa shape index (κ1) is 32.8. The molecule has 8 heteroatoms. The van der Waals surface area contributed by atoms with Gasteiger partial charge in [0.2, 0.25) is 0 Å². The largest absolute Gasteiger partial charge is 0.140 e. The molecule has 9 rings (SSSR count). The van der Waals surface area contributed by atoms with Crippen LogP contribution in [0.1, 0.15) is 0 Å². The summed E-state index contributed by atoms with van der Waals surface area (Å²) in [4.78, 5) is 0. The first-order chi connectivity index (χ1) is 25.2. The third-order valence-electron chi connectivity index (χ3n) is 11.4. The Balaban J connectivity index is 1.30. The van der Waals surface area contributed by atoms with Crippen LogP contribution in [0.3, 0.4) is 0 Å². The van der Waals surface area contributed by atoms with Crippen molar-refractivity contribution in [2.45, 2.75) is 0 Å². The van der Waals surface area contributed by atoms with Gasteiger partial charge in [0.05, 0.1) is 0 Å². The lowest BCUT2D eigenvalue weighted by molar-refractivity contribution is 1.68. The molecule has 9 aromatic rings. The Labute approximate surface area is 316 Å². The molecule has 0 radical (unpaired) electrons. The predicted molar refractivity (Wildman–Crippen MR) is 253 cm³/mol. The molecule has 0 bridgehead atoms. The second-order valence-corrected chi connectivity index (χ2v) is 15.9. The number of hydrogen-bond donors (Lipinski definition) is 0. The fraction of sp³-hybridized carbons (Fsp3) is 0. The summed E-state index contributed by atoms with van der Waals surface area (Å²) in [6.07, 6.45) is 0. The molecule has 8 aromatic carbocycles. The molecule has 0 saturated carbocycles. The van der Waals surface area contributed by atoms with Gasteiger partial charge < -0.3 is 0 Å². The average molecular weight is 672 g/mol. The molecule has 0 amide bonds. The van der Waals surface area contributed by atoms with E-state index < -0.39 is 0 Å². The standard InChI is InChI=1S/C44H35B7S/c45-24-14-12-22(13-15-24)25-8-4-9-26-27-10-5-11-28(44(27)52-43(25)26)29-16-36(47)34(21-35(29)46)42-32-19-39(50)37(48)17-30(32)41(23-6-2-1-3-7-23)31-18-38(49)40(51)20-33(31)42/h1-21H,45-51H2. The quantitative estimate of drug-likeness (QED) is 0.193. The molecule has 0 fully saturated rings.